The average molecular weight is 280 g/mol. The van der Waals surface area contributed by atoms with Gasteiger partial charge in [-0.3, -0.25) is 5.32 Å². The molecule has 0 heterocycles. The van der Waals surface area contributed by atoms with E-state index in [1.807, 2.05) is 31.2 Å². The van der Waals surface area contributed by atoms with E-state index in [0.29, 0.717) is 6.54 Å². The van der Waals surface area contributed by atoms with Crippen LogP contribution in [0.15, 0.2) is 48.5 Å². The minimum atomic E-state index is -0.940. The maximum absolute atomic E-state index is 10.8. The zero-order valence-corrected chi connectivity index (χ0v) is 11.7. The number of hydrogen-bond donors (Lipinski definition) is 2. The SMILES string of the molecule is Cc1ccccc1C(C#N)NCc1ccc(C(=O)O)cc1. The Balaban J connectivity index is 2.06. The van der Waals surface area contributed by atoms with Gasteiger partial charge in [0.15, 0.2) is 0 Å². The fourth-order valence-corrected chi connectivity index (χ4v) is 2.12. The van der Waals surface area contributed by atoms with Gasteiger partial charge in [0.1, 0.15) is 6.04 Å². The lowest BCUT2D eigenvalue weighted by Gasteiger charge is -2.14. The van der Waals surface area contributed by atoms with Crippen molar-refractivity contribution < 1.29 is 9.90 Å². The smallest absolute Gasteiger partial charge is 0.335 e. The Labute approximate surface area is 123 Å². The van der Waals surface area contributed by atoms with Crippen LogP contribution in [-0.2, 0) is 6.54 Å². The highest BCUT2D eigenvalue weighted by molar-refractivity contribution is 5.87. The lowest BCUT2D eigenvalue weighted by molar-refractivity contribution is 0.0697. The van der Waals surface area contributed by atoms with Crippen LogP contribution in [0.5, 0.6) is 0 Å². The molecule has 4 heteroatoms. The molecule has 0 amide bonds. The van der Waals surface area contributed by atoms with Crippen molar-refractivity contribution in [2.24, 2.45) is 0 Å². The van der Waals surface area contributed by atoms with E-state index >= 15 is 0 Å². The van der Waals surface area contributed by atoms with Crippen LogP contribution in [-0.4, -0.2) is 11.1 Å². The Kier molecular flexibility index (Phi) is 4.70. The van der Waals surface area contributed by atoms with E-state index in [1.54, 1.807) is 24.3 Å². The molecule has 0 aliphatic heterocycles. The first-order chi connectivity index (χ1) is 10.1. The number of carbonyl (C=O) groups is 1. The minimum absolute atomic E-state index is 0.259. The molecule has 0 aliphatic carbocycles. The molecular weight excluding hydrogens is 264 g/mol. The van der Waals surface area contributed by atoms with Gasteiger partial charge in [0.05, 0.1) is 11.6 Å². The number of carboxylic acids is 1. The van der Waals surface area contributed by atoms with Crippen LogP contribution in [0.1, 0.15) is 33.1 Å². The highest BCUT2D eigenvalue weighted by Gasteiger charge is 2.12. The maximum atomic E-state index is 10.8. The molecule has 4 nitrogen and oxygen atoms in total. The summed E-state index contributed by atoms with van der Waals surface area (Å²) in [6.07, 6.45) is 0. The van der Waals surface area contributed by atoms with Gasteiger partial charge in [0.2, 0.25) is 0 Å². The van der Waals surface area contributed by atoms with Crippen molar-refractivity contribution in [2.75, 3.05) is 0 Å². The Morgan fingerprint density at radius 2 is 1.90 bits per heavy atom. The molecule has 0 fully saturated rings. The van der Waals surface area contributed by atoms with Crippen LogP contribution in [0.4, 0.5) is 0 Å². The van der Waals surface area contributed by atoms with Gasteiger partial charge in [-0.15, -0.1) is 0 Å². The third-order valence-corrected chi connectivity index (χ3v) is 3.34. The van der Waals surface area contributed by atoms with Gasteiger partial charge in [-0.25, -0.2) is 4.79 Å². The van der Waals surface area contributed by atoms with Gasteiger partial charge in [-0.2, -0.15) is 5.26 Å². The molecule has 2 N–H and O–H groups in total. The zero-order chi connectivity index (χ0) is 15.2. The standard InChI is InChI=1S/C17H16N2O2/c1-12-4-2-3-5-15(12)16(10-18)19-11-13-6-8-14(9-7-13)17(20)21/h2-9,16,19H,11H2,1H3,(H,20,21). The molecule has 21 heavy (non-hydrogen) atoms. The van der Waals surface area contributed by atoms with E-state index in [9.17, 15) is 10.1 Å². The van der Waals surface area contributed by atoms with Gasteiger partial charge in [0.25, 0.3) is 0 Å². The van der Waals surface area contributed by atoms with Crippen molar-refractivity contribution in [1.82, 2.24) is 5.32 Å². The molecule has 1 atom stereocenters. The summed E-state index contributed by atoms with van der Waals surface area (Å²) in [7, 11) is 0. The Hall–Kier alpha value is -2.64. The summed E-state index contributed by atoms with van der Waals surface area (Å²) in [6, 6.07) is 16.3. The highest BCUT2D eigenvalue weighted by Crippen LogP contribution is 2.17. The first kappa shape index (κ1) is 14.8. The topological polar surface area (TPSA) is 73.1 Å². The van der Waals surface area contributed by atoms with Gasteiger partial charge in [-0.05, 0) is 35.7 Å². The second-order valence-electron chi connectivity index (χ2n) is 4.80. The number of aryl methyl sites for hydroxylation is 1. The predicted molar refractivity (Wildman–Crippen MR) is 79.8 cm³/mol. The molecule has 0 saturated heterocycles. The fourth-order valence-electron chi connectivity index (χ4n) is 2.12. The predicted octanol–water partition coefficient (Wildman–Crippen LogP) is 3.05. The van der Waals surface area contributed by atoms with Crippen LogP contribution in [0.25, 0.3) is 0 Å². The molecule has 2 rings (SSSR count). The van der Waals surface area contributed by atoms with Crippen LogP contribution < -0.4 is 5.32 Å². The number of carboxylic acid groups (broad SMARTS) is 1. The van der Waals surface area contributed by atoms with Crippen molar-refractivity contribution in [3.8, 4) is 6.07 Å². The van der Waals surface area contributed by atoms with Gasteiger partial charge < -0.3 is 5.11 Å². The van der Waals surface area contributed by atoms with E-state index in [1.165, 1.54) is 0 Å². The molecule has 0 bridgehead atoms. The maximum Gasteiger partial charge on any atom is 0.335 e. The van der Waals surface area contributed by atoms with Gasteiger partial charge in [0, 0.05) is 6.54 Å². The summed E-state index contributed by atoms with van der Waals surface area (Å²) >= 11 is 0. The van der Waals surface area contributed by atoms with Crippen LogP contribution >= 0.6 is 0 Å². The summed E-state index contributed by atoms with van der Waals surface area (Å²) in [6.45, 7) is 2.48. The van der Waals surface area contributed by atoms with Crippen LogP contribution in [0.2, 0.25) is 0 Å². The molecule has 106 valence electrons. The van der Waals surface area contributed by atoms with Gasteiger partial charge >= 0.3 is 5.97 Å². The monoisotopic (exact) mass is 280 g/mol. The summed E-state index contributed by atoms with van der Waals surface area (Å²) in [5.74, 6) is -0.940. The van der Waals surface area contributed by atoms with Crippen LogP contribution in [0.3, 0.4) is 0 Å². The largest absolute Gasteiger partial charge is 0.478 e. The number of rotatable bonds is 5. The molecule has 0 spiro atoms. The average Bonchev–Trinajstić information content (AvgIpc) is 2.50. The molecular formula is C17H16N2O2. The minimum Gasteiger partial charge on any atom is -0.478 e. The second-order valence-corrected chi connectivity index (χ2v) is 4.80. The molecule has 0 aromatic heterocycles. The number of aromatic carboxylic acids is 1. The van der Waals surface area contributed by atoms with Crippen molar-refractivity contribution in [2.45, 2.75) is 19.5 Å². The molecule has 2 aromatic rings. The molecule has 0 aliphatic rings. The highest BCUT2D eigenvalue weighted by atomic mass is 16.4. The normalized spacial score (nSPS) is 11.6. The Bertz CT molecular complexity index is 672. The summed E-state index contributed by atoms with van der Waals surface area (Å²) < 4.78 is 0. The Morgan fingerprint density at radius 3 is 2.48 bits per heavy atom. The fraction of sp³-hybridized carbons (Fsp3) is 0.176. The Morgan fingerprint density at radius 1 is 1.24 bits per heavy atom. The molecule has 1 unspecified atom stereocenters. The van der Waals surface area contributed by atoms with Crippen molar-refractivity contribution in [1.29, 1.82) is 5.26 Å². The third kappa shape index (κ3) is 3.68. The molecule has 0 saturated carbocycles. The lowest BCUT2D eigenvalue weighted by atomic mass is 10.0. The number of nitriles is 1. The van der Waals surface area contributed by atoms with E-state index in [0.717, 1.165) is 16.7 Å². The first-order valence-electron chi connectivity index (χ1n) is 6.62. The number of hydrogen-bond acceptors (Lipinski definition) is 3. The molecule has 2 aromatic carbocycles. The van der Waals surface area contributed by atoms with Gasteiger partial charge in [-0.1, -0.05) is 36.4 Å². The van der Waals surface area contributed by atoms with E-state index in [-0.39, 0.29) is 11.6 Å². The van der Waals surface area contributed by atoms with Crippen LogP contribution in [0, 0.1) is 18.3 Å². The van der Waals surface area contributed by atoms with E-state index in [2.05, 4.69) is 11.4 Å². The summed E-state index contributed by atoms with van der Waals surface area (Å²) in [4.78, 5) is 10.8. The third-order valence-electron chi connectivity index (χ3n) is 3.34. The van der Waals surface area contributed by atoms with E-state index in [4.69, 9.17) is 5.11 Å². The number of nitrogens with zero attached hydrogens (tertiary/aromatic N) is 1. The molecule has 0 radical (unpaired) electrons. The first-order valence-corrected chi connectivity index (χ1v) is 6.62. The van der Waals surface area contributed by atoms with E-state index < -0.39 is 5.97 Å². The quantitative estimate of drug-likeness (QED) is 0.883. The summed E-state index contributed by atoms with van der Waals surface area (Å²) in [5, 5.41) is 21.3. The van der Waals surface area contributed by atoms with Crippen molar-refractivity contribution >= 4 is 5.97 Å². The van der Waals surface area contributed by atoms with Crippen molar-refractivity contribution in [3.05, 3.63) is 70.8 Å². The summed E-state index contributed by atoms with van der Waals surface area (Å²) in [5.41, 5.74) is 3.23. The van der Waals surface area contributed by atoms with Crippen molar-refractivity contribution in [3.63, 3.8) is 0 Å². The number of benzene rings is 2. The zero-order valence-electron chi connectivity index (χ0n) is 11.7. The lowest BCUT2D eigenvalue weighted by Crippen LogP contribution is -2.20. The number of nitrogens with one attached hydrogen (secondary N) is 1. The second kappa shape index (κ2) is 6.69.